The number of ether oxygens (including phenoxy) is 1. The van der Waals surface area contributed by atoms with Gasteiger partial charge in [0.1, 0.15) is 17.3 Å². The van der Waals surface area contributed by atoms with Crippen LogP contribution in [0.5, 0.6) is 5.75 Å². The highest BCUT2D eigenvalue weighted by Crippen LogP contribution is 2.28. The minimum Gasteiger partial charge on any atom is -0.497 e. The second-order valence-electron chi connectivity index (χ2n) is 7.83. The highest BCUT2D eigenvalue weighted by molar-refractivity contribution is 6.04. The van der Waals surface area contributed by atoms with Crippen LogP contribution in [0.25, 0.3) is 17.7 Å². The van der Waals surface area contributed by atoms with Crippen molar-refractivity contribution in [3.05, 3.63) is 76.6 Å². The molecular weight excluding hydrogens is 454 g/mol. The first kappa shape index (κ1) is 21.9. The Balaban J connectivity index is 0.000000166. The number of imide groups is 1. The molecular formula is C24H19N5O6. The van der Waals surface area contributed by atoms with E-state index in [0.717, 1.165) is 22.4 Å². The Bertz CT molecular complexity index is 1430. The molecule has 0 spiro atoms. The van der Waals surface area contributed by atoms with Gasteiger partial charge in [0.05, 0.1) is 12.7 Å². The van der Waals surface area contributed by atoms with Crippen LogP contribution in [0.3, 0.4) is 0 Å². The van der Waals surface area contributed by atoms with Crippen LogP contribution in [-0.4, -0.2) is 47.1 Å². The van der Waals surface area contributed by atoms with E-state index >= 15 is 0 Å². The van der Waals surface area contributed by atoms with Crippen LogP contribution in [0, 0.1) is 0 Å². The monoisotopic (exact) mass is 473 g/mol. The summed E-state index contributed by atoms with van der Waals surface area (Å²) in [5.41, 5.74) is 6.21. The third-order valence-electron chi connectivity index (χ3n) is 5.55. The van der Waals surface area contributed by atoms with E-state index in [1.807, 2.05) is 12.1 Å². The van der Waals surface area contributed by atoms with E-state index in [1.54, 1.807) is 49.4 Å². The summed E-state index contributed by atoms with van der Waals surface area (Å²) in [4.78, 5) is 36.0. The number of hydrogen-bond acceptors (Lipinski definition) is 8. The summed E-state index contributed by atoms with van der Waals surface area (Å²) >= 11 is 0. The summed E-state index contributed by atoms with van der Waals surface area (Å²) < 4.78 is 15.8. The Morgan fingerprint density at radius 1 is 1.20 bits per heavy atom. The SMILES string of the molecule is COc1ccc2c(c1)C(=O)N(C)C2.O=C1NC(=O)C(c2cc3c(o2)C=C=C(c2nnco2)C=C3)N1. The summed E-state index contributed by atoms with van der Waals surface area (Å²) in [6.07, 6.45) is 6.39. The van der Waals surface area contributed by atoms with Crippen LogP contribution >= 0.6 is 0 Å². The van der Waals surface area contributed by atoms with E-state index in [0.29, 0.717) is 29.5 Å². The lowest BCUT2D eigenvalue weighted by atomic mass is 10.1. The first-order valence-electron chi connectivity index (χ1n) is 10.5. The first-order valence-corrected chi connectivity index (χ1v) is 10.5. The fourth-order valence-corrected chi connectivity index (χ4v) is 3.78. The number of methoxy groups -OCH3 is 1. The molecule has 1 atom stereocenters. The second-order valence-corrected chi connectivity index (χ2v) is 7.83. The molecule has 0 saturated carbocycles. The number of hydrogen-bond donors (Lipinski definition) is 2. The summed E-state index contributed by atoms with van der Waals surface area (Å²) in [5.74, 6) is 1.60. The van der Waals surface area contributed by atoms with Gasteiger partial charge in [0.25, 0.3) is 17.7 Å². The number of allylic oxidation sites excluding steroid dienone is 2. The standard InChI is InChI=1S/C14H8N4O4.C10H11NO2/c19-12-11(16-14(20)17-12)10-5-8-2-1-7(3-4-9(8)22-10)13-18-15-6-21-13;1-11-6-7-3-4-8(13-2)5-9(7)10(11)12/h1-2,4-6,11H,(H2,16,17,19,20);3-5H,6H2,1-2H3. The molecule has 2 N–H and O–H groups in total. The number of urea groups is 1. The normalized spacial score (nSPS) is 17.7. The number of furan rings is 1. The Morgan fingerprint density at radius 3 is 2.77 bits per heavy atom. The fraction of sp³-hybridized carbons (Fsp3) is 0.167. The second kappa shape index (κ2) is 8.81. The van der Waals surface area contributed by atoms with E-state index in [-0.39, 0.29) is 5.91 Å². The molecule has 1 saturated heterocycles. The van der Waals surface area contributed by atoms with Crippen molar-refractivity contribution in [3.63, 3.8) is 0 Å². The molecule has 4 amide bonds. The number of fused-ring (bicyclic) bond motifs is 2. The van der Waals surface area contributed by atoms with Crippen molar-refractivity contribution < 1.29 is 28.0 Å². The fourth-order valence-electron chi connectivity index (χ4n) is 3.78. The van der Waals surface area contributed by atoms with E-state index < -0.39 is 18.0 Å². The van der Waals surface area contributed by atoms with Crippen LogP contribution in [0.1, 0.15) is 44.9 Å². The predicted molar refractivity (Wildman–Crippen MR) is 122 cm³/mol. The lowest BCUT2D eigenvalue weighted by Gasteiger charge is -2.04. The molecule has 4 heterocycles. The van der Waals surface area contributed by atoms with Crippen molar-refractivity contribution in [2.24, 2.45) is 0 Å². The van der Waals surface area contributed by atoms with Gasteiger partial charge in [-0.2, -0.15) is 0 Å². The summed E-state index contributed by atoms with van der Waals surface area (Å²) in [6, 6.07) is 5.95. The zero-order valence-corrected chi connectivity index (χ0v) is 18.7. The average Bonchev–Trinajstić information content (AvgIpc) is 3.62. The number of amides is 4. The topological polar surface area (TPSA) is 140 Å². The predicted octanol–water partition coefficient (Wildman–Crippen LogP) is 2.55. The van der Waals surface area contributed by atoms with Gasteiger partial charge >= 0.3 is 6.03 Å². The highest BCUT2D eigenvalue weighted by Gasteiger charge is 2.34. The highest BCUT2D eigenvalue weighted by atomic mass is 16.5. The third kappa shape index (κ3) is 4.23. The largest absolute Gasteiger partial charge is 0.497 e. The van der Waals surface area contributed by atoms with Crippen molar-refractivity contribution in [2.75, 3.05) is 14.2 Å². The van der Waals surface area contributed by atoms with E-state index in [4.69, 9.17) is 13.6 Å². The van der Waals surface area contributed by atoms with Gasteiger partial charge in [-0.15, -0.1) is 15.9 Å². The lowest BCUT2D eigenvalue weighted by molar-refractivity contribution is -0.120. The number of rotatable bonds is 3. The molecule has 1 fully saturated rings. The Hall–Kier alpha value is -4.89. The van der Waals surface area contributed by atoms with Gasteiger partial charge in [-0.25, -0.2) is 4.79 Å². The van der Waals surface area contributed by atoms with Crippen LogP contribution in [-0.2, 0) is 11.3 Å². The Kier molecular flexibility index (Phi) is 5.52. The van der Waals surface area contributed by atoms with Crippen LogP contribution in [0.15, 0.2) is 51.3 Å². The number of nitrogens with one attached hydrogen (secondary N) is 2. The zero-order chi connectivity index (χ0) is 24.5. The van der Waals surface area contributed by atoms with Crippen LogP contribution in [0.2, 0.25) is 0 Å². The van der Waals surface area contributed by atoms with Crippen molar-refractivity contribution in [1.29, 1.82) is 0 Å². The molecule has 1 aliphatic carbocycles. The minimum atomic E-state index is -0.819. The van der Waals surface area contributed by atoms with Crippen molar-refractivity contribution >= 4 is 35.6 Å². The third-order valence-corrected chi connectivity index (χ3v) is 5.55. The van der Waals surface area contributed by atoms with Gasteiger partial charge in [0, 0.05) is 30.8 Å². The van der Waals surface area contributed by atoms with Crippen molar-refractivity contribution in [2.45, 2.75) is 12.6 Å². The van der Waals surface area contributed by atoms with Gasteiger partial charge in [-0.1, -0.05) is 6.07 Å². The maximum Gasteiger partial charge on any atom is 0.322 e. The smallest absolute Gasteiger partial charge is 0.322 e. The molecule has 6 rings (SSSR count). The average molecular weight is 473 g/mol. The van der Waals surface area contributed by atoms with E-state index in [9.17, 15) is 14.4 Å². The summed E-state index contributed by atoms with van der Waals surface area (Å²) in [5, 5.41) is 12.1. The maximum absolute atomic E-state index is 11.6. The molecule has 2 aromatic heterocycles. The van der Waals surface area contributed by atoms with Gasteiger partial charge in [0.15, 0.2) is 6.04 Å². The molecule has 1 aromatic carbocycles. The van der Waals surface area contributed by atoms with Crippen molar-refractivity contribution in [3.8, 4) is 5.75 Å². The number of nitrogens with zero attached hydrogens (tertiary/aromatic N) is 3. The molecule has 35 heavy (non-hydrogen) atoms. The molecule has 176 valence electrons. The summed E-state index contributed by atoms with van der Waals surface area (Å²) in [6.45, 7) is 0.707. The zero-order valence-electron chi connectivity index (χ0n) is 18.7. The Morgan fingerprint density at radius 2 is 2.06 bits per heavy atom. The molecule has 3 aromatic rings. The molecule has 11 heteroatoms. The quantitative estimate of drug-likeness (QED) is 0.437. The maximum atomic E-state index is 11.6. The van der Waals surface area contributed by atoms with E-state index in [2.05, 4.69) is 26.6 Å². The number of benzene rings is 1. The molecule has 0 radical (unpaired) electrons. The molecule has 1 unspecified atom stereocenters. The molecule has 0 bridgehead atoms. The van der Waals surface area contributed by atoms with Crippen molar-refractivity contribution in [1.82, 2.24) is 25.7 Å². The van der Waals surface area contributed by atoms with Crippen LogP contribution < -0.4 is 15.4 Å². The first-order chi connectivity index (χ1) is 16.9. The van der Waals surface area contributed by atoms with Crippen LogP contribution in [0.4, 0.5) is 4.79 Å². The molecule has 3 aliphatic rings. The van der Waals surface area contributed by atoms with Gasteiger partial charge < -0.3 is 23.8 Å². The molecule has 11 nitrogen and oxygen atoms in total. The van der Waals surface area contributed by atoms with Gasteiger partial charge in [-0.05, 0) is 35.9 Å². The number of aromatic nitrogens is 2. The Labute approximate surface area is 198 Å². The van der Waals surface area contributed by atoms with Gasteiger partial charge in [-0.3, -0.25) is 14.9 Å². The summed E-state index contributed by atoms with van der Waals surface area (Å²) in [7, 11) is 3.40. The number of carbonyl (C=O) groups excluding carboxylic acids is 3. The van der Waals surface area contributed by atoms with Gasteiger partial charge in [0.2, 0.25) is 6.39 Å². The number of carbonyl (C=O) groups is 3. The minimum absolute atomic E-state index is 0.0777. The molecule has 2 aliphatic heterocycles. The van der Waals surface area contributed by atoms with E-state index in [1.165, 1.54) is 6.39 Å². The lowest BCUT2D eigenvalue weighted by Crippen LogP contribution is -2.22.